The number of benzene rings is 8. The van der Waals surface area contributed by atoms with Crippen LogP contribution >= 0.6 is 0 Å². The third-order valence-electron chi connectivity index (χ3n) is 12.2. The molecule has 3 heterocycles. The molecule has 0 aliphatic heterocycles. The lowest BCUT2D eigenvalue weighted by Gasteiger charge is -2.16. The number of rotatable bonds is 7. The summed E-state index contributed by atoms with van der Waals surface area (Å²) in [5.74, 6) is 2.22. The topological polar surface area (TPSA) is 48.5 Å². The fourth-order valence-corrected chi connectivity index (χ4v) is 9.31. The molecule has 0 radical (unpaired) electrons. The Hall–Kier alpha value is -8.15. The molecule has 292 valence electrons. The van der Waals surface area contributed by atoms with Gasteiger partial charge in [0.15, 0.2) is 11.6 Å². The number of hydrogen-bond acceptors (Lipinski definition) is 3. The molecule has 1 unspecified atom stereocenters. The molecule has 62 heavy (non-hydrogen) atoms. The molecule has 12 rings (SSSR count). The fourth-order valence-electron chi connectivity index (χ4n) is 9.31. The first kappa shape index (κ1) is 35.8. The van der Waals surface area contributed by atoms with Gasteiger partial charge < -0.3 is 9.13 Å². The second-order valence-electron chi connectivity index (χ2n) is 16.0. The van der Waals surface area contributed by atoms with Crippen LogP contribution in [0.15, 0.2) is 218 Å². The van der Waals surface area contributed by atoms with E-state index in [1.165, 1.54) is 43.8 Å². The number of fused-ring (bicyclic) bond motifs is 7. The van der Waals surface area contributed by atoms with Crippen molar-refractivity contribution in [3.8, 4) is 56.4 Å². The van der Waals surface area contributed by atoms with E-state index in [1.807, 2.05) is 18.2 Å². The van der Waals surface area contributed by atoms with E-state index < -0.39 is 0 Å². The van der Waals surface area contributed by atoms with Crippen molar-refractivity contribution >= 4 is 43.6 Å². The average molecular weight is 794 g/mol. The third-order valence-corrected chi connectivity index (χ3v) is 12.2. The van der Waals surface area contributed by atoms with E-state index in [-0.39, 0.29) is 5.92 Å². The van der Waals surface area contributed by atoms with E-state index in [2.05, 4.69) is 209 Å². The Morgan fingerprint density at radius 3 is 1.39 bits per heavy atom. The molecule has 1 aliphatic rings. The first-order valence-corrected chi connectivity index (χ1v) is 21.2. The van der Waals surface area contributed by atoms with Gasteiger partial charge in [-0.2, -0.15) is 0 Å². The van der Waals surface area contributed by atoms with Crippen LogP contribution in [-0.2, 0) is 0 Å². The highest BCUT2D eigenvalue weighted by Gasteiger charge is 2.23. The van der Waals surface area contributed by atoms with E-state index in [9.17, 15) is 0 Å². The minimum absolute atomic E-state index is 0.0902. The maximum atomic E-state index is 5.10. The third kappa shape index (κ3) is 6.05. The Balaban J connectivity index is 1.09. The number of para-hydroxylation sites is 2. The summed E-state index contributed by atoms with van der Waals surface area (Å²) in [6.45, 7) is 0. The SMILES string of the molecule is C1=CCC(c2nc(-c3ccccc3)nc(-c3ccc(-n4c5ccccc5c5ccc6c7ccccc7n(-c7cc(-c8ccccc8)cc(-c8ccccc8)c7)c6c54)cc3)n2)C=C1. The van der Waals surface area contributed by atoms with Gasteiger partial charge in [0, 0.05) is 50.0 Å². The first-order chi connectivity index (χ1) is 30.7. The fraction of sp³-hybridized carbons (Fsp3) is 0.0351. The summed E-state index contributed by atoms with van der Waals surface area (Å²) in [5.41, 5.74) is 13.4. The normalized spacial score (nSPS) is 13.8. The minimum atomic E-state index is 0.0902. The molecule has 1 atom stereocenters. The zero-order valence-corrected chi connectivity index (χ0v) is 33.8. The zero-order valence-electron chi connectivity index (χ0n) is 33.8. The summed E-state index contributed by atoms with van der Waals surface area (Å²) in [4.78, 5) is 15.1. The lowest BCUT2D eigenvalue weighted by Crippen LogP contribution is -2.07. The standard InChI is InChI=1S/C57H39N5/c1-5-17-38(18-6-1)43-35-44(39-19-7-2-8-20-39)37-46(36-43)62-52-28-16-14-26-48(52)50-34-33-49-47-25-13-15-27-51(47)61(53(49)54(50)62)45-31-29-42(30-32-45)57-59-55(40-21-9-3-10-22-40)58-56(60-57)41-23-11-4-12-24-41/h1-23,25-37,41H,24H2. The Bertz CT molecular complexity index is 3470. The van der Waals surface area contributed by atoms with Crippen LogP contribution in [0.5, 0.6) is 0 Å². The number of hydrogen-bond donors (Lipinski definition) is 0. The first-order valence-electron chi connectivity index (χ1n) is 21.2. The second-order valence-corrected chi connectivity index (χ2v) is 16.0. The predicted octanol–water partition coefficient (Wildman–Crippen LogP) is 14.3. The highest BCUT2D eigenvalue weighted by Crippen LogP contribution is 2.43. The minimum Gasteiger partial charge on any atom is -0.307 e. The summed E-state index contributed by atoms with van der Waals surface area (Å²) in [7, 11) is 0. The lowest BCUT2D eigenvalue weighted by molar-refractivity contribution is 0.764. The van der Waals surface area contributed by atoms with E-state index in [4.69, 9.17) is 15.0 Å². The van der Waals surface area contributed by atoms with Crippen LogP contribution in [0.2, 0.25) is 0 Å². The molecule has 0 fully saturated rings. The van der Waals surface area contributed by atoms with Gasteiger partial charge in [-0.25, -0.2) is 15.0 Å². The van der Waals surface area contributed by atoms with E-state index in [1.54, 1.807) is 0 Å². The Morgan fingerprint density at radius 2 is 0.855 bits per heavy atom. The van der Waals surface area contributed by atoms with Crippen LogP contribution in [0, 0.1) is 0 Å². The van der Waals surface area contributed by atoms with Crippen LogP contribution in [0.3, 0.4) is 0 Å². The van der Waals surface area contributed by atoms with Crippen LogP contribution in [0.1, 0.15) is 18.2 Å². The van der Waals surface area contributed by atoms with Gasteiger partial charge in [0.05, 0.1) is 22.1 Å². The van der Waals surface area contributed by atoms with Crippen molar-refractivity contribution in [3.63, 3.8) is 0 Å². The van der Waals surface area contributed by atoms with Gasteiger partial charge in [-0.1, -0.05) is 164 Å². The molecule has 0 spiro atoms. The van der Waals surface area contributed by atoms with Gasteiger partial charge in [0.2, 0.25) is 0 Å². The van der Waals surface area contributed by atoms with E-state index in [0.29, 0.717) is 11.6 Å². The summed E-state index contributed by atoms with van der Waals surface area (Å²) >= 11 is 0. The molecule has 5 heteroatoms. The van der Waals surface area contributed by atoms with Crippen molar-refractivity contribution in [3.05, 3.63) is 224 Å². The van der Waals surface area contributed by atoms with Crippen LogP contribution in [-0.4, -0.2) is 24.1 Å². The number of aromatic nitrogens is 5. The highest BCUT2D eigenvalue weighted by atomic mass is 15.1. The van der Waals surface area contributed by atoms with Crippen molar-refractivity contribution in [2.75, 3.05) is 0 Å². The maximum Gasteiger partial charge on any atom is 0.163 e. The second kappa shape index (κ2) is 14.8. The Morgan fingerprint density at radius 1 is 0.371 bits per heavy atom. The Labute approximate surface area is 359 Å². The molecule has 0 saturated carbocycles. The summed E-state index contributed by atoms with van der Waals surface area (Å²) in [6.07, 6.45) is 9.38. The average Bonchev–Trinajstić information content (AvgIpc) is 3.88. The summed E-state index contributed by atoms with van der Waals surface area (Å²) in [6, 6.07) is 69.6. The molecule has 0 N–H and O–H groups in total. The predicted molar refractivity (Wildman–Crippen MR) is 256 cm³/mol. The largest absolute Gasteiger partial charge is 0.307 e. The highest BCUT2D eigenvalue weighted by molar-refractivity contribution is 6.23. The molecular weight excluding hydrogens is 755 g/mol. The molecule has 8 aromatic carbocycles. The molecule has 1 aliphatic carbocycles. The molecular formula is C57H39N5. The van der Waals surface area contributed by atoms with Crippen LogP contribution in [0.25, 0.3) is 100 Å². The van der Waals surface area contributed by atoms with Gasteiger partial charge in [0.25, 0.3) is 0 Å². The lowest BCUT2D eigenvalue weighted by atomic mass is 9.98. The quantitative estimate of drug-likeness (QED) is 0.161. The molecule has 5 nitrogen and oxygen atoms in total. The summed E-state index contributed by atoms with van der Waals surface area (Å²) < 4.78 is 4.93. The van der Waals surface area contributed by atoms with Gasteiger partial charge in [-0.15, -0.1) is 0 Å². The molecule has 0 bridgehead atoms. The molecule has 3 aromatic heterocycles. The van der Waals surface area contributed by atoms with E-state index >= 15 is 0 Å². The van der Waals surface area contributed by atoms with Crippen molar-refractivity contribution in [2.24, 2.45) is 0 Å². The maximum absolute atomic E-state index is 5.10. The number of nitrogens with zero attached hydrogens (tertiary/aromatic N) is 5. The van der Waals surface area contributed by atoms with Crippen LogP contribution < -0.4 is 0 Å². The van der Waals surface area contributed by atoms with Gasteiger partial charge in [-0.3, -0.25) is 0 Å². The van der Waals surface area contributed by atoms with Crippen LogP contribution in [0.4, 0.5) is 0 Å². The molecule has 0 amide bonds. The van der Waals surface area contributed by atoms with E-state index in [0.717, 1.165) is 56.8 Å². The monoisotopic (exact) mass is 793 g/mol. The smallest absolute Gasteiger partial charge is 0.163 e. The van der Waals surface area contributed by atoms with Gasteiger partial charge >= 0.3 is 0 Å². The number of allylic oxidation sites excluding steroid dienone is 4. The molecule has 0 saturated heterocycles. The van der Waals surface area contributed by atoms with Gasteiger partial charge in [-0.05, 0) is 83.3 Å². The van der Waals surface area contributed by atoms with Crippen molar-refractivity contribution < 1.29 is 0 Å². The van der Waals surface area contributed by atoms with Crippen molar-refractivity contribution in [1.29, 1.82) is 0 Å². The zero-order chi connectivity index (χ0) is 41.0. The van der Waals surface area contributed by atoms with Crippen molar-refractivity contribution in [1.82, 2.24) is 24.1 Å². The van der Waals surface area contributed by atoms with Gasteiger partial charge in [0.1, 0.15) is 5.82 Å². The Kier molecular flexibility index (Phi) is 8.56. The van der Waals surface area contributed by atoms with Crippen molar-refractivity contribution in [2.45, 2.75) is 12.3 Å². The molecule has 11 aromatic rings. The summed E-state index contributed by atoms with van der Waals surface area (Å²) in [5, 5.41) is 4.83.